The van der Waals surface area contributed by atoms with Gasteiger partial charge in [-0.25, -0.2) is 0 Å². The third-order valence-electron chi connectivity index (χ3n) is 22.2. The first kappa shape index (κ1) is 66.4. The van der Waals surface area contributed by atoms with Gasteiger partial charge in [-0.3, -0.25) is 0 Å². The summed E-state index contributed by atoms with van der Waals surface area (Å²) in [4.78, 5) is 0. The van der Waals surface area contributed by atoms with Gasteiger partial charge >= 0.3 is 0 Å². The lowest BCUT2D eigenvalue weighted by Gasteiger charge is -2.08. The van der Waals surface area contributed by atoms with Crippen molar-refractivity contribution in [3.05, 3.63) is 413 Å². The zero-order valence-corrected chi connectivity index (χ0v) is 61.5. The Bertz CT molecular complexity index is 7210. The topological polar surface area (TPSA) is 24.6 Å². The van der Waals surface area contributed by atoms with Gasteiger partial charge in [0.15, 0.2) is 0 Å². The molecular weight excluding hydrogens is 1330 g/mol. The summed E-state index contributed by atoms with van der Waals surface area (Å²) in [5, 5.41) is 21.1. The van der Waals surface area contributed by atoms with E-state index < -0.39 is 0 Å². The highest BCUT2D eigenvalue weighted by Crippen LogP contribution is 2.41. The molecule has 5 aromatic heterocycles. The second kappa shape index (κ2) is 28.6. The minimum atomic E-state index is 1.18. The molecular formula is C105H77N5. The Hall–Kier alpha value is -14.3. The molecule has 0 amide bonds. The minimum Gasteiger partial charge on any atom is -0.344 e. The fraction of sp³-hybridized carbons (Fsp3) is 0.0286. The number of hydrogen-bond donors (Lipinski definition) is 0. The molecule has 110 heavy (non-hydrogen) atoms. The summed E-state index contributed by atoms with van der Waals surface area (Å²) < 4.78 is 11.6. The Morgan fingerprint density at radius 2 is 0.464 bits per heavy atom. The van der Waals surface area contributed by atoms with E-state index in [1.807, 2.05) is 0 Å². The molecule has 0 saturated heterocycles. The van der Waals surface area contributed by atoms with Gasteiger partial charge in [0.2, 0.25) is 0 Å². The van der Waals surface area contributed by atoms with Crippen LogP contribution in [0, 0.1) is 0 Å². The smallest absolute Gasteiger partial charge is 0.0568 e. The maximum atomic E-state index is 2.37. The van der Waals surface area contributed by atoms with E-state index in [9.17, 15) is 0 Å². The van der Waals surface area contributed by atoms with Crippen LogP contribution in [0.4, 0.5) is 0 Å². The number of aryl methyl sites for hydroxylation is 3. The zero-order valence-electron chi connectivity index (χ0n) is 61.5. The third kappa shape index (κ3) is 12.0. The van der Waals surface area contributed by atoms with Crippen molar-refractivity contribution in [3.63, 3.8) is 0 Å². The normalized spacial score (nSPS) is 11.4. The molecule has 0 saturated carbocycles. The Labute approximate surface area is 638 Å². The van der Waals surface area contributed by atoms with E-state index in [-0.39, 0.29) is 0 Å². The van der Waals surface area contributed by atoms with Crippen molar-refractivity contribution in [3.8, 4) is 44.8 Å². The first-order valence-corrected chi connectivity index (χ1v) is 37.8. The van der Waals surface area contributed by atoms with E-state index in [1.165, 1.54) is 186 Å². The molecule has 0 aliphatic heterocycles. The Kier molecular flexibility index (Phi) is 17.2. The van der Waals surface area contributed by atoms with Crippen LogP contribution in [0.15, 0.2) is 413 Å². The zero-order chi connectivity index (χ0) is 73.6. The lowest BCUT2D eigenvalue weighted by atomic mass is 10.0. The SMILES string of the molecule is Cn1c2ccccc2c2c3ccccc3ccc21.Cn1c2ccccc2c2cc3ccccc3cc21.Cn1c2ccccc2c2ccc3ccccc3c21.c1ccc(-c2ccc3c(c2)c2cc(-c4ccccc4)ccc2n3-c2ccccc2)cc1.c1ccc(-c2ccc3c(c2)c2ccccc2n3-c2ccccc2)cc1. The second-order valence-electron chi connectivity index (χ2n) is 28.5. The van der Waals surface area contributed by atoms with Crippen LogP contribution in [0.5, 0.6) is 0 Å². The summed E-state index contributed by atoms with van der Waals surface area (Å²) in [5.74, 6) is 0. The molecule has 0 N–H and O–H groups in total. The highest BCUT2D eigenvalue weighted by atomic mass is 15.0. The number of para-hydroxylation sites is 6. The largest absolute Gasteiger partial charge is 0.344 e. The average molecular weight is 1410 g/mol. The quantitative estimate of drug-likeness (QED) is 0.164. The van der Waals surface area contributed by atoms with Crippen LogP contribution in [0.2, 0.25) is 0 Å². The van der Waals surface area contributed by atoms with E-state index in [0.717, 1.165) is 0 Å². The molecule has 0 fully saturated rings. The Morgan fingerprint density at radius 3 is 0.964 bits per heavy atom. The van der Waals surface area contributed by atoms with Crippen molar-refractivity contribution in [1.29, 1.82) is 0 Å². The van der Waals surface area contributed by atoms with Crippen LogP contribution in [0.3, 0.4) is 0 Å². The molecule has 0 atom stereocenters. The summed E-state index contributed by atoms with van der Waals surface area (Å²) >= 11 is 0. The van der Waals surface area contributed by atoms with Gasteiger partial charge in [-0.05, 0) is 163 Å². The molecule has 522 valence electrons. The molecule has 0 bridgehead atoms. The van der Waals surface area contributed by atoms with Gasteiger partial charge in [0.05, 0.1) is 27.6 Å². The lowest BCUT2D eigenvalue weighted by molar-refractivity contribution is 1.01. The van der Waals surface area contributed by atoms with Crippen molar-refractivity contribution in [2.24, 2.45) is 21.1 Å². The van der Waals surface area contributed by atoms with Gasteiger partial charge in [0.1, 0.15) is 0 Å². The fourth-order valence-corrected chi connectivity index (χ4v) is 16.9. The predicted octanol–water partition coefficient (Wildman–Crippen LogP) is 28.0. The van der Waals surface area contributed by atoms with Crippen molar-refractivity contribution >= 4 is 141 Å². The summed E-state index contributed by atoms with van der Waals surface area (Å²) in [5.41, 5.74) is 22.6. The van der Waals surface area contributed by atoms with E-state index in [4.69, 9.17) is 0 Å². The van der Waals surface area contributed by atoms with Crippen LogP contribution in [-0.2, 0) is 21.1 Å². The lowest BCUT2D eigenvalue weighted by Crippen LogP contribution is -1.93. The summed E-state index contributed by atoms with van der Waals surface area (Å²) in [6, 6.07) is 147. The van der Waals surface area contributed by atoms with Crippen LogP contribution in [0.25, 0.3) is 186 Å². The molecule has 0 aliphatic rings. The van der Waals surface area contributed by atoms with Crippen molar-refractivity contribution in [2.45, 2.75) is 0 Å². The van der Waals surface area contributed by atoms with Crippen LogP contribution >= 0.6 is 0 Å². The number of nitrogens with zero attached hydrogens (tertiary/aromatic N) is 5. The molecule has 18 aromatic carbocycles. The third-order valence-corrected chi connectivity index (χ3v) is 22.2. The number of aromatic nitrogens is 5. The molecule has 0 spiro atoms. The maximum Gasteiger partial charge on any atom is 0.0568 e. The fourth-order valence-electron chi connectivity index (χ4n) is 16.9. The van der Waals surface area contributed by atoms with Crippen LogP contribution in [0.1, 0.15) is 0 Å². The maximum absolute atomic E-state index is 2.37. The van der Waals surface area contributed by atoms with E-state index in [0.29, 0.717) is 0 Å². The second-order valence-corrected chi connectivity index (χ2v) is 28.5. The van der Waals surface area contributed by atoms with Gasteiger partial charge < -0.3 is 22.8 Å². The molecule has 23 aromatic rings. The molecule has 0 unspecified atom stereocenters. The van der Waals surface area contributed by atoms with Gasteiger partial charge in [0.25, 0.3) is 0 Å². The number of fused-ring (bicyclic) bond motifs is 20. The molecule has 23 rings (SSSR count). The predicted molar refractivity (Wildman–Crippen MR) is 472 cm³/mol. The van der Waals surface area contributed by atoms with E-state index in [1.54, 1.807) is 0 Å². The molecule has 5 heteroatoms. The first-order valence-electron chi connectivity index (χ1n) is 37.8. The summed E-state index contributed by atoms with van der Waals surface area (Å²) in [7, 11) is 6.43. The van der Waals surface area contributed by atoms with Crippen molar-refractivity contribution in [1.82, 2.24) is 22.8 Å². The number of hydrogen-bond acceptors (Lipinski definition) is 0. The van der Waals surface area contributed by atoms with Crippen molar-refractivity contribution < 1.29 is 0 Å². The summed E-state index contributed by atoms with van der Waals surface area (Å²) in [6.45, 7) is 0. The monoisotopic (exact) mass is 1410 g/mol. The Morgan fingerprint density at radius 1 is 0.155 bits per heavy atom. The van der Waals surface area contributed by atoms with Gasteiger partial charge in [-0.2, -0.15) is 0 Å². The molecule has 5 nitrogen and oxygen atoms in total. The van der Waals surface area contributed by atoms with Gasteiger partial charge in [0, 0.05) is 119 Å². The highest BCUT2D eigenvalue weighted by molar-refractivity contribution is 6.21. The standard InChI is InChI=1S/C30H21N.C24H17N.3C17H13N/c1-4-10-22(11-5-1)24-16-18-29-27(20-24)28-21-25(23-12-6-2-7-13-23)17-19-30(28)31(29)26-14-8-3-9-15-26;1-3-9-18(10-4-1)19-15-16-24-22(17-19)21-13-7-8-14-23(21)25(24)20-11-5-2-6-12-20;1-18-16-9-5-4-8-14(16)15-10-12-6-2-3-7-13(12)11-17(15)18;1-18-16-9-5-4-8-14(16)15-11-10-12-6-2-3-7-13(12)17(15)18;1-18-15-9-5-4-8-14(15)17-13-7-3-2-6-12(13)10-11-16(17)18/h1-21H;1-17H;3*2-11H,1H3. The van der Waals surface area contributed by atoms with Crippen LogP contribution < -0.4 is 0 Å². The molecule has 0 aliphatic carbocycles. The molecule has 0 radical (unpaired) electrons. The number of benzene rings is 18. The van der Waals surface area contributed by atoms with E-state index >= 15 is 0 Å². The summed E-state index contributed by atoms with van der Waals surface area (Å²) in [6.07, 6.45) is 0. The number of rotatable bonds is 5. The van der Waals surface area contributed by atoms with Crippen LogP contribution in [-0.4, -0.2) is 22.8 Å². The Balaban J connectivity index is 0.0000000948. The highest BCUT2D eigenvalue weighted by Gasteiger charge is 2.18. The van der Waals surface area contributed by atoms with E-state index in [2.05, 4.69) is 456 Å². The average Bonchev–Trinajstić information content (AvgIpc) is 1.61. The van der Waals surface area contributed by atoms with Gasteiger partial charge in [-0.15, -0.1) is 0 Å². The van der Waals surface area contributed by atoms with Gasteiger partial charge in [-0.1, -0.05) is 309 Å². The minimum absolute atomic E-state index is 1.18. The van der Waals surface area contributed by atoms with Crippen molar-refractivity contribution in [2.75, 3.05) is 0 Å². The first-order chi connectivity index (χ1) is 54.4. The molecule has 5 heterocycles.